The lowest BCUT2D eigenvalue weighted by Crippen LogP contribution is -1.97. The predicted octanol–water partition coefficient (Wildman–Crippen LogP) is 3.00. The monoisotopic (exact) mass is 298 g/mol. The van der Waals surface area contributed by atoms with Crippen molar-refractivity contribution in [3.8, 4) is 11.4 Å². The van der Waals surface area contributed by atoms with Crippen molar-refractivity contribution in [2.45, 2.75) is 32.2 Å². The molecule has 1 fully saturated rings. The highest BCUT2D eigenvalue weighted by Crippen LogP contribution is 2.27. The van der Waals surface area contributed by atoms with Gasteiger partial charge in [-0.15, -0.1) is 0 Å². The summed E-state index contributed by atoms with van der Waals surface area (Å²) >= 11 is 0. The average Bonchev–Trinajstić information content (AvgIpc) is 3.28. The van der Waals surface area contributed by atoms with Gasteiger partial charge in [0.05, 0.1) is 29.9 Å². The molecule has 6 nitrogen and oxygen atoms in total. The number of aryl methyl sites for hydroxylation is 1. The topological polar surface area (TPSA) is 66.0 Å². The van der Waals surface area contributed by atoms with Gasteiger partial charge in [-0.3, -0.25) is 0 Å². The van der Waals surface area contributed by atoms with Crippen molar-refractivity contribution >= 4 is 11.0 Å². The van der Waals surface area contributed by atoms with Gasteiger partial charge in [0.15, 0.2) is 0 Å². The molecule has 22 heavy (non-hydrogen) atoms. The summed E-state index contributed by atoms with van der Waals surface area (Å²) < 4.78 is 12.9. The largest absolute Gasteiger partial charge is 0.381 e. The molecule has 1 aliphatic rings. The molecule has 1 aliphatic heterocycles. The molecule has 0 saturated carbocycles. The third-order valence-corrected chi connectivity index (χ3v) is 4.06. The van der Waals surface area contributed by atoms with Crippen LogP contribution in [0, 0.1) is 0 Å². The molecule has 1 atom stereocenters. The van der Waals surface area contributed by atoms with E-state index in [1.807, 2.05) is 18.5 Å². The first kappa shape index (κ1) is 13.5. The molecular formula is C16H18N4O2. The van der Waals surface area contributed by atoms with Crippen molar-refractivity contribution in [3.63, 3.8) is 0 Å². The Bertz CT molecular complexity index is 786. The molecule has 0 radical (unpaired) electrons. The molecule has 1 saturated heterocycles. The average molecular weight is 298 g/mol. The van der Waals surface area contributed by atoms with Crippen LogP contribution in [0.3, 0.4) is 0 Å². The highest BCUT2D eigenvalue weighted by atomic mass is 16.5. The minimum Gasteiger partial charge on any atom is -0.381 e. The fraction of sp³-hybridized carbons (Fsp3) is 0.438. The van der Waals surface area contributed by atoms with Crippen molar-refractivity contribution in [1.82, 2.24) is 19.7 Å². The number of imidazole rings is 1. The lowest BCUT2D eigenvalue weighted by molar-refractivity contribution is 0.189. The Hall–Kier alpha value is -2.21. The summed E-state index contributed by atoms with van der Waals surface area (Å²) in [6.45, 7) is 4.55. The molecule has 2 aromatic heterocycles. The van der Waals surface area contributed by atoms with E-state index in [9.17, 15) is 0 Å². The van der Waals surface area contributed by atoms with Crippen molar-refractivity contribution in [2.75, 3.05) is 13.2 Å². The lowest BCUT2D eigenvalue weighted by atomic mass is 10.1. The van der Waals surface area contributed by atoms with Crippen LogP contribution in [-0.2, 0) is 11.3 Å². The number of ether oxygens (including phenoxy) is 1. The Balaban J connectivity index is 1.69. The van der Waals surface area contributed by atoms with Gasteiger partial charge in [-0.05, 0) is 31.0 Å². The van der Waals surface area contributed by atoms with Crippen molar-refractivity contribution in [3.05, 3.63) is 30.4 Å². The highest BCUT2D eigenvalue weighted by Gasteiger charge is 2.24. The van der Waals surface area contributed by atoms with Crippen LogP contribution in [0.2, 0.25) is 0 Å². The molecule has 0 bridgehead atoms. The van der Waals surface area contributed by atoms with E-state index in [-0.39, 0.29) is 5.92 Å². The number of benzene rings is 1. The first-order chi connectivity index (χ1) is 10.8. The first-order valence-corrected chi connectivity index (χ1v) is 7.72. The minimum absolute atomic E-state index is 0.232. The third-order valence-electron chi connectivity index (χ3n) is 4.06. The van der Waals surface area contributed by atoms with Gasteiger partial charge < -0.3 is 13.8 Å². The number of hydrogen-bond acceptors (Lipinski definition) is 5. The van der Waals surface area contributed by atoms with Crippen molar-refractivity contribution in [2.24, 2.45) is 0 Å². The molecule has 0 spiro atoms. The first-order valence-electron chi connectivity index (χ1n) is 7.72. The quantitative estimate of drug-likeness (QED) is 0.740. The van der Waals surface area contributed by atoms with Crippen molar-refractivity contribution < 1.29 is 9.26 Å². The molecule has 0 N–H and O–H groups in total. The van der Waals surface area contributed by atoms with Crippen LogP contribution in [0.25, 0.3) is 22.4 Å². The van der Waals surface area contributed by atoms with E-state index in [1.165, 1.54) is 0 Å². The lowest BCUT2D eigenvalue weighted by Gasteiger charge is -2.02. The van der Waals surface area contributed by atoms with Gasteiger partial charge in [0.2, 0.25) is 11.7 Å². The molecular weight excluding hydrogens is 280 g/mol. The Kier molecular flexibility index (Phi) is 3.38. The maximum atomic E-state index is 5.41. The molecule has 3 heterocycles. The number of aromatic nitrogens is 4. The third kappa shape index (κ3) is 2.29. The molecule has 0 aliphatic carbocycles. The maximum Gasteiger partial charge on any atom is 0.232 e. The van der Waals surface area contributed by atoms with Gasteiger partial charge in [0.25, 0.3) is 0 Å². The molecule has 3 aromatic rings. The van der Waals surface area contributed by atoms with Crippen LogP contribution >= 0.6 is 0 Å². The number of hydrogen-bond donors (Lipinski definition) is 0. The van der Waals surface area contributed by atoms with E-state index in [4.69, 9.17) is 9.26 Å². The zero-order valence-corrected chi connectivity index (χ0v) is 12.5. The summed E-state index contributed by atoms with van der Waals surface area (Å²) in [5.41, 5.74) is 3.05. The van der Waals surface area contributed by atoms with E-state index >= 15 is 0 Å². The second-order valence-electron chi connectivity index (χ2n) is 5.66. The maximum absolute atomic E-state index is 5.41. The Morgan fingerprint density at radius 3 is 3.14 bits per heavy atom. The van der Waals surface area contributed by atoms with Gasteiger partial charge in [-0.1, -0.05) is 12.1 Å². The van der Waals surface area contributed by atoms with Gasteiger partial charge >= 0.3 is 0 Å². The van der Waals surface area contributed by atoms with Crippen LogP contribution < -0.4 is 0 Å². The molecule has 6 heteroatoms. The predicted molar refractivity (Wildman–Crippen MR) is 81.5 cm³/mol. The molecule has 1 aromatic carbocycles. The van der Waals surface area contributed by atoms with E-state index in [1.54, 1.807) is 0 Å². The zero-order chi connectivity index (χ0) is 14.9. The Morgan fingerprint density at radius 2 is 2.32 bits per heavy atom. The fourth-order valence-electron chi connectivity index (χ4n) is 2.86. The summed E-state index contributed by atoms with van der Waals surface area (Å²) in [6, 6.07) is 6.08. The summed E-state index contributed by atoms with van der Waals surface area (Å²) in [6.07, 6.45) is 3.91. The molecule has 4 rings (SSSR count). The van der Waals surface area contributed by atoms with Gasteiger partial charge in [0.1, 0.15) is 0 Å². The summed E-state index contributed by atoms with van der Waals surface area (Å²) in [5, 5.41) is 4.13. The van der Waals surface area contributed by atoms with Crippen LogP contribution in [0.15, 0.2) is 29.0 Å². The molecule has 0 amide bonds. The fourth-order valence-corrected chi connectivity index (χ4v) is 2.86. The highest BCUT2D eigenvalue weighted by molar-refractivity contribution is 5.80. The number of rotatable bonds is 4. The zero-order valence-electron chi connectivity index (χ0n) is 12.5. The van der Waals surface area contributed by atoms with Gasteiger partial charge in [-0.2, -0.15) is 4.98 Å². The van der Waals surface area contributed by atoms with Crippen LogP contribution in [0.4, 0.5) is 0 Å². The van der Waals surface area contributed by atoms with E-state index < -0.39 is 0 Å². The molecule has 0 unspecified atom stereocenters. The van der Waals surface area contributed by atoms with E-state index in [2.05, 4.69) is 32.7 Å². The Morgan fingerprint density at radius 1 is 1.36 bits per heavy atom. The SMILES string of the molecule is CCCn1cnc2ccc(-c3noc([C@@H]4CCOC4)n3)cc21. The summed E-state index contributed by atoms with van der Waals surface area (Å²) in [5.74, 6) is 1.54. The number of fused-ring (bicyclic) bond motifs is 1. The smallest absolute Gasteiger partial charge is 0.232 e. The van der Waals surface area contributed by atoms with Crippen LogP contribution in [-0.4, -0.2) is 32.9 Å². The standard InChI is InChI=1S/C16H18N4O2/c1-2-6-20-10-17-13-4-3-11(8-14(13)20)15-18-16(22-19-15)12-5-7-21-9-12/h3-4,8,10,12H,2,5-7,9H2,1H3/t12-/m1/s1. The second kappa shape index (κ2) is 5.53. The van der Waals surface area contributed by atoms with Gasteiger partial charge in [0, 0.05) is 18.7 Å². The second-order valence-corrected chi connectivity index (χ2v) is 5.66. The summed E-state index contributed by atoms with van der Waals surface area (Å²) in [4.78, 5) is 8.96. The van der Waals surface area contributed by atoms with Gasteiger partial charge in [-0.25, -0.2) is 4.98 Å². The minimum atomic E-state index is 0.232. The van der Waals surface area contributed by atoms with E-state index in [0.717, 1.165) is 42.6 Å². The number of nitrogens with zero attached hydrogens (tertiary/aromatic N) is 4. The van der Waals surface area contributed by atoms with Crippen LogP contribution in [0.5, 0.6) is 0 Å². The summed E-state index contributed by atoms with van der Waals surface area (Å²) in [7, 11) is 0. The molecule has 114 valence electrons. The van der Waals surface area contributed by atoms with Crippen molar-refractivity contribution in [1.29, 1.82) is 0 Å². The normalized spacial score (nSPS) is 18.3. The van der Waals surface area contributed by atoms with Crippen LogP contribution in [0.1, 0.15) is 31.6 Å². The Labute approximate surface area is 128 Å². The van der Waals surface area contributed by atoms with E-state index in [0.29, 0.717) is 18.3 Å².